The number of thioether (sulfide) groups is 1. The number of nitrogens with zero attached hydrogens (tertiary/aromatic N) is 1. The van der Waals surface area contributed by atoms with Crippen LogP contribution in [0.15, 0.2) is 23.1 Å². The zero-order valence-electron chi connectivity index (χ0n) is 9.80. The van der Waals surface area contributed by atoms with E-state index in [4.69, 9.17) is 17.3 Å². The van der Waals surface area contributed by atoms with E-state index in [1.54, 1.807) is 23.9 Å². The van der Waals surface area contributed by atoms with E-state index in [2.05, 4.69) is 0 Å². The Morgan fingerprint density at radius 2 is 2.00 bits per heavy atom. The molecule has 0 aromatic heterocycles. The molecule has 4 nitrogen and oxygen atoms in total. The summed E-state index contributed by atoms with van der Waals surface area (Å²) < 4.78 is 26.2. The first-order valence-corrected chi connectivity index (χ1v) is 8.59. The Labute approximate surface area is 117 Å². The first kappa shape index (κ1) is 14.1. The Bertz CT molecular complexity index is 528. The standard InChI is InChI=1S/C11H15ClN2O2S2/c12-11-7-10(2-1-9(11)8-13)18(15,16)14-3-5-17-6-4-14/h1-2,7H,3-6,8,13H2. The average Bonchev–Trinajstić information content (AvgIpc) is 2.39. The number of hydrogen-bond donors (Lipinski definition) is 1. The normalized spacial score (nSPS) is 17.9. The Kier molecular flexibility index (Phi) is 4.55. The molecular weight excluding hydrogens is 292 g/mol. The molecule has 0 bridgehead atoms. The molecule has 1 aliphatic heterocycles. The maximum absolute atomic E-state index is 12.4. The summed E-state index contributed by atoms with van der Waals surface area (Å²) in [5, 5.41) is 0.407. The van der Waals surface area contributed by atoms with Gasteiger partial charge in [-0.1, -0.05) is 17.7 Å². The van der Waals surface area contributed by atoms with Gasteiger partial charge in [0, 0.05) is 36.2 Å². The smallest absolute Gasteiger partial charge is 0.243 e. The zero-order valence-corrected chi connectivity index (χ0v) is 12.2. The van der Waals surface area contributed by atoms with Gasteiger partial charge < -0.3 is 5.73 Å². The van der Waals surface area contributed by atoms with Crippen LogP contribution in [-0.4, -0.2) is 37.3 Å². The summed E-state index contributed by atoms with van der Waals surface area (Å²) in [4.78, 5) is 0.247. The second-order valence-electron chi connectivity index (χ2n) is 3.97. The first-order chi connectivity index (χ1) is 8.55. The van der Waals surface area contributed by atoms with Gasteiger partial charge in [0.2, 0.25) is 10.0 Å². The molecule has 100 valence electrons. The maximum Gasteiger partial charge on any atom is 0.243 e. The van der Waals surface area contributed by atoms with Gasteiger partial charge in [-0.2, -0.15) is 16.1 Å². The molecule has 0 saturated carbocycles. The van der Waals surface area contributed by atoms with Crippen molar-refractivity contribution < 1.29 is 8.42 Å². The summed E-state index contributed by atoms with van der Waals surface area (Å²) in [6.45, 7) is 1.42. The minimum Gasteiger partial charge on any atom is -0.326 e. The van der Waals surface area contributed by atoms with E-state index in [0.29, 0.717) is 24.7 Å². The molecule has 1 fully saturated rings. The molecule has 0 atom stereocenters. The van der Waals surface area contributed by atoms with Crippen LogP contribution in [0.25, 0.3) is 0 Å². The third-order valence-corrected chi connectivity index (χ3v) is 6.04. The van der Waals surface area contributed by atoms with Crippen molar-refractivity contribution >= 4 is 33.4 Å². The van der Waals surface area contributed by atoms with Gasteiger partial charge in [-0.15, -0.1) is 0 Å². The highest BCUT2D eigenvalue weighted by atomic mass is 35.5. The van der Waals surface area contributed by atoms with Crippen molar-refractivity contribution in [2.75, 3.05) is 24.6 Å². The molecule has 1 heterocycles. The Morgan fingerprint density at radius 1 is 1.33 bits per heavy atom. The van der Waals surface area contributed by atoms with E-state index in [9.17, 15) is 8.42 Å². The van der Waals surface area contributed by atoms with E-state index in [1.165, 1.54) is 10.4 Å². The molecule has 18 heavy (non-hydrogen) atoms. The number of rotatable bonds is 3. The lowest BCUT2D eigenvalue weighted by molar-refractivity contribution is 0.443. The monoisotopic (exact) mass is 306 g/mol. The lowest BCUT2D eigenvalue weighted by atomic mass is 10.2. The number of benzene rings is 1. The van der Waals surface area contributed by atoms with E-state index in [-0.39, 0.29) is 4.90 Å². The SMILES string of the molecule is NCc1ccc(S(=O)(=O)N2CCSCC2)cc1Cl. The van der Waals surface area contributed by atoms with Crippen molar-refractivity contribution in [3.8, 4) is 0 Å². The quantitative estimate of drug-likeness (QED) is 0.920. The van der Waals surface area contributed by atoms with Gasteiger partial charge in [0.25, 0.3) is 0 Å². The molecule has 1 saturated heterocycles. The van der Waals surface area contributed by atoms with Crippen LogP contribution in [0.4, 0.5) is 0 Å². The van der Waals surface area contributed by atoms with Crippen molar-refractivity contribution in [1.29, 1.82) is 0 Å². The highest BCUT2D eigenvalue weighted by Crippen LogP contribution is 2.24. The van der Waals surface area contributed by atoms with Crippen LogP contribution < -0.4 is 5.73 Å². The molecule has 0 spiro atoms. The van der Waals surface area contributed by atoms with Crippen molar-refractivity contribution in [3.63, 3.8) is 0 Å². The van der Waals surface area contributed by atoms with Gasteiger partial charge in [0.15, 0.2) is 0 Å². The molecule has 0 amide bonds. The third kappa shape index (κ3) is 2.83. The topological polar surface area (TPSA) is 63.4 Å². The van der Waals surface area contributed by atoms with E-state index >= 15 is 0 Å². The number of nitrogens with two attached hydrogens (primary N) is 1. The van der Waals surface area contributed by atoms with Gasteiger partial charge in [0.1, 0.15) is 0 Å². The number of halogens is 1. The van der Waals surface area contributed by atoms with Crippen molar-refractivity contribution in [2.24, 2.45) is 5.73 Å². The largest absolute Gasteiger partial charge is 0.326 e. The Hall–Kier alpha value is -0.270. The minimum absolute atomic E-state index is 0.247. The summed E-state index contributed by atoms with van der Waals surface area (Å²) in [5.74, 6) is 1.68. The van der Waals surface area contributed by atoms with Gasteiger partial charge in [-0.3, -0.25) is 0 Å². The highest BCUT2D eigenvalue weighted by molar-refractivity contribution is 7.99. The molecule has 1 aromatic carbocycles. The van der Waals surface area contributed by atoms with Crippen LogP contribution >= 0.6 is 23.4 Å². The van der Waals surface area contributed by atoms with Crippen molar-refractivity contribution in [2.45, 2.75) is 11.4 Å². The van der Waals surface area contributed by atoms with Gasteiger partial charge >= 0.3 is 0 Å². The minimum atomic E-state index is -3.41. The second-order valence-corrected chi connectivity index (χ2v) is 7.54. The van der Waals surface area contributed by atoms with Crippen LogP contribution in [0, 0.1) is 0 Å². The summed E-state index contributed by atoms with van der Waals surface area (Å²) in [5.41, 5.74) is 6.26. The molecular formula is C11H15ClN2O2S2. The first-order valence-electron chi connectivity index (χ1n) is 5.62. The number of sulfonamides is 1. The van der Waals surface area contributed by atoms with Crippen molar-refractivity contribution in [1.82, 2.24) is 4.31 Å². The average molecular weight is 307 g/mol. The molecule has 1 aliphatic rings. The van der Waals surface area contributed by atoms with Gasteiger partial charge in [0.05, 0.1) is 4.90 Å². The Balaban J connectivity index is 2.32. The van der Waals surface area contributed by atoms with E-state index in [0.717, 1.165) is 17.1 Å². The van der Waals surface area contributed by atoms with Crippen LogP contribution in [0.5, 0.6) is 0 Å². The second kappa shape index (κ2) is 5.79. The summed E-state index contributed by atoms with van der Waals surface area (Å²) in [7, 11) is -3.41. The number of hydrogen-bond acceptors (Lipinski definition) is 4. The lowest BCUT2D eigenvalue weighted by Gasteiger charge is -2.25. The van der Waals surface area contributed by atoms with E-state index in [1.807, 2.05) is 0 Å². The van der Waals surface area contributed by atoms with Crippen molar-refractivity contribution in [3.05, 3.63) is 28.8 Å². The fourth-order valence-corrected chi connectivity index (χ4v) is 4.71. The molecule has 2 rings (SSSR count). The van der Waals surface area contributed by atoms with E-state index < -0.39 is 10.0 Å². The van der Waals surface area contributed by atoms with Crippen LogP contribution in [-0.2, 0) is 16.6 Å². The molecule has 1 aromatic rings. The lowest BCUT2D eigenvalue weighted by Crippen LogP contribution is -2.37. The molecule has 7 heteroatoms. The van der Waals surface area contributed by atoms with Crippen LogP contribution in [0.1, 0.15) is 5.56 Å². The summed E-state index contributed by atoms with van der Waals surface area (Å²) >= 11 is 7.78. The zero-order chi connectivity index (χ0) is 13.2. The molecule has 0 aliphatic carbocycles. The maximum atomic E-state index is 12.4. The molecule has 0 radical (unpaired) electrons. The summed E-state index contributed by atoms with van der Waals surface area (Å²) in [6.07, 6.45) is 0. The fourth-order valence-electron chi connectivity index (χ4n) is 1.79. The summed E-state index contributed by atoms with van der Waals surface area (Å²) in [6, 6.07) is 4.74. The van der Waals surface area contributed by atoms with Gasteiger partial charge in [-0.05, 0) is 17.7 Å². The predicted molar refractivity (Wildman–Crippen MR) is 75.4 cm³/mol. The van der Waals surface area contributed by atoms with Crippen LogP contribution in [0.3, 0.4) is 0 Å². The van der Waals surface area contributed by atoms with Crippen LogP contribution in [0.2, 0.25) is 5.02 Å². The fraction of sp³-hybridized carbons (Fsp3) is 0.455. The third-order valence-electron chi connectivity index (χ3n) is 2.85. The highest BCUT2D eigenvalue weighted by Gasteiger charge is 2.26. The molecule has 2 N–H and O–H groups in total. The Morgan fingerprint density at radius 3 is 2.56 bits per heavy atom. The molecule has 0 unspecified atom stereocenters. The van der Waals surface area contributed by atoms with Gasteiger partial charge in [-0.25, -0.2) is 8.42 Å². The predicted octanol–water partition coefficient (Wildman–Crippen LogP) is 1.54.